The Bertz CT molecular complexity index is 1250. The molecule has 0 saturated heterocycles. The van der Waals surface area contributed by atoms with Crippen molar-refractivity contribution in [3.8, 4) is 17.6 Å². The molecule has 0 bridgehead atoms. The Morgan fingerprint density at radius 3 is 2.27 bits per heavy atom. The second kappa shape index (κ2) is 10.5. The lowest BCUT2D eigenvalue weighted by molar-refractivity contribution is -0.112. The van der Waals surface area contributed by atoms with E-state index in [0.29, 0.717) is 29.4 Å². The van der Waals surface area contributed by atoms with E-state index in [1.807, 2.05) is 44.2 Å². The van der Waals surface area contributed by atoms with Crippen LogP contribution in [0.25, 0.3) is 6.08 Å². The lowest BCUT2D eigenvalue weighted by Gasteiger charge is -2.13. The highest BCUT2D eigenvalue weighted by Crippen LogP contribution is 2.28. The fourth-order valence-electron chi connectivity index (χ4n) is 3.26. The molecule has 1 amide bonds. The summed E-state index contributed by atoms with van der Waals surface area (Å²) in [5.41, 5.74) is 6.88. The summed E-state index contributed by atoms with van der Waals surface area (Å²) in [6.45, 7) is 8.46. The monoisotopic (exact) mass is 440 g/mol. The smallest absolute Gasteiger partial charge is 0.266 e. The van der Waals surface area contributed by atoms with Gasteiger partial charge in [0.15, 0.2) is 0 Å². The number of benzene rings is 3. The Morgan fingerprint density at radius 1 is 0.939 bits per heavy atom. The van der Waals surface area contributed by atoms with Crippen LogP contribution in [0, 0.1) is 39.0 Å². The zero-order valence-corrected chi connectivity index (χ0v) is 19.7. The molecule has 0 saturated carbocycles. The molecule has 0 aliphatic carbocycles. The fraction of sp³-hybridized carbons (Fsp3) is 0.214. The second-order valence-corrected chi connectivity index (χ2v) is 8.03. The van der Waals surface area contributed by atoms with Gasteiger partial charge in [0.25, 0.3) is 5.91 Å². The molecule has 0 aromatic heterocycles. The van der Waals surface area contributed by atoms with Crippen LogP contribution in [0.3, 0.4) is 0 Å². The van der Waals surface area contributed by atoms with Crippen LogP contribution >= 0.6 is 0 Å². The molecule has 5 heteroatoms. The quantitative estimate of drug-likeness (QED) is 0.358. The van der Waals surface area contributed by atoms with Crippen LogP contribution < -0.4 is 14.8 Å². The molecule has 0 spiro atoms. The number of hydrogen-bond donors (Lipinski definition) is 1. The number of aryl methyl sites for hydroxylation is 4. The number of nitriles is 1. The molecule has 0 atom stereocenters. The van der Waals surface area contributed by atoms with Crippen molar-refractivity contribution in [3.63, 3.8) is 0 Å². The molecule has 0 aliphatic heterocycles. The first-order valence-corrected chi connectivity index (χ1v) is 10.7. The third-order valence-corrected chi connectivity index (χ3v) is 5.62. The van der Waals surface area contributed by atoms with Gasteiger partial charge >= 0.3 is 0 Å². The fourth-order valence-corrected chi connectivity index (χ4v) is 3.26. The number of nitrogens with zero attached hydrogens (tertiary/aromatic N) is 1. The third kappa shape index (κ3) is 6.02. The van der Waals surface area contributed by atoms with E-state index in [2.05, 4.69) is 31.3 Å². The van der Waals surface area contributed by atoms with Crippen molar-refractivity contribution in [1.82, 2.24) is 0 Å². The predicted molar refractivity (Wildman–Crippen MR) is 131 cm³/mol. The molecule has 0 radical (unpaired) electrons. The maximum atomic E-state index is 12.8. The van der Waals surface area contributed by atoms with Gasteiger partial charge in [0, 0.05) is 17.3 Å². The van der Waals surface area contributed by atoms with Gasteiger partial charge in [-0.05, 0) is 85.9 Å². The van der Waals surface area contributed by atoms with E-state index >= 15 is 0 Å². The molecule has 5 nitrogen and oxygen atoms in total. The summed E-state index contributed by atoms with van der Waals surface area (Å²) >= 11 is 0. The second-order valence-electron chi connectivity index (χ2n) is 8.03. The average molecular weight is 441 g/mol. The van der Waals surface area contributed by atoms with Gasteiger partial charge in [-0.15, -0.1) is 0 Å². The van der Waals surface area contributed by atoms with Gasteiger partial charge < -0.3 is 14.8 Å². The van der Waals surface area contributed by atoms with Crippen molar-refractivity contribution in [3.05, 3.63) is 93.6 Å². The van der Waals surface area contributed by atoms with Crippen LogP contribution in [0.4, 0.5) is 5.69 Å². The highest BCUT2D eigenvalue weighted by atomic mass is 16.5. The number of rotatable bonds is 7. The summed E-state index contributed by atoms with van der Waals surface area (Å²) in [5, 5.41) is 12.4. The Morgan fingerprint density at radius 2 is 1.64 bits per heavy atom. The van der Waals surface area contributed by atoms with Gasteiger partial charge in [0.05, 0.1) is 7.11 Å². The van der Waals surface area contributed by atoms with Crippen LogP contribution in [0.15, 0.2) is 60.2 Å². The zero-order chi connectivity index (χ0) is 24.0. The van der Waals surface area contributed by atoms with Crippen LogP contribution in [0.2, 0.25) is 0 Å². The number of carbonyl (C=O) groups excluding carboxylic acids is 1. The Hall–Kier alpha value is -4.04. The topological polar surface area (TPSA) is 71.3 Å². The van der Waals surface area contributed by atoms with E-state index < -0.39 is 5.91 Å². The Labute approximate surface area is 195 Å². The van der Waals surface area contributed by atoms with Gasteiger partial charge in [0.2, 0.25) is 0 Å². The zero-order valence-electron chi connectivity index (χ0n) is 19.7. The normalized spacial score (nSPS) is 11.0. The molecule has 1 N–H and O–H groups in total. The molecular weight excluding hydrogens is 412 g/mol. The molecule has 3 rings (SSSR count). The lowest BCUT2D eigenvalue weighted by atomic mass is 10.1. The minimum Gasteiger partial charge on any atom is -0.497 e. The highest BCUT2D eigenvalue weighted by Gasteiger charge is 2.13. The number of carbonyl (C=O) groups is 1. The predicted octanol–water partition coefficient (Wildman–Crippen LogP) is 6.05. The van der Waals surface area contributed by atoms with Crippen molar-refractivity contribution in [1.29, 1.82) is 5.26 Å². The Balaban J connectivity index is 1.86. The van der Waals surface area contributed by atoms with E-state index in [9.17, 15) is 10.1 Å². The van der Waals surface area contributed by atoms with E-state index in [0.717, 1.165) is 16.7 Å². The number of anilines is 1. The van der Waals surface area contributed by atoms with Crippen molar-refractivity contribution < 1.29 is 14.3 Å². The number of ether oxygens (including phenoxy) is 2. The van der Waals surface area contributed by atoms with Crippen molar-refractivity contribution in [2.24, 2.45) is 0 Å². The maximum Gasteiger partial charge on any atom is 0.266 e. The number of nitrogens with one attached hydrogen (secondary N) is 1. The summed E-state index contributed by atoms with van der Waals surface area (Å²) < 4.78 is 11.4. The minimum absolute atomic E-state index is 0.0191. The highest BCUT2D eigenvalue weighted by molar-refractivity contribution is 6.09. The third-order valence-electron chi connectivity index (χ3n) is 5.62. The van der Waals surface area contributed by atoms with Gasteiger partial charge in [-0.25, -0.2) is 0 Å². The van der Waals surface area contributed by atoms with Crippen molar-refractivity contribution >= 4 is 17.7 Å². The van der Waals surface area contributed by atoms with Gasteiger partial charge in [-0.3, -0.25) is 4.79 Å². The van der Waals surface area contributed by atoms with Crippen molar-refractivity contribution in [2.75, 3.05) is 12.4 Å². The average Bonchev–Trinajstić information content (AvgIpc) is 2.80. The van der Waals surface area contributed by atoms with Crippen LogP contribution in [-0.2, 0) is 11.4 Å². The summed E-state index contributed by atoms with van der Waals surface area (Å²) in [7, 11) is 1.58. The number of methoxy groups -OCH3 is 1. The maximum absolute atomic E-state index is 12.8. The molecule has 3 aromatic rings. The largest absolute Gasteiger partial charge is 0.497 e. The van der Waals surface area contributed by atoms with E-state index in [1.165, 1.54) is 17.2 Å². The van der Waals surface area contributed by atoms with Gasteiger partial charge in [-0.1, -0.05) is 24.3 Å². The number of hydrogen-bond acceptors (Lipinski definition) is 4. The molecule has 0 aliphatic rings. The van der Waals surface area contributed by atoms with Crippen LogP contribution in [0.1, 0.15) is 33.4 Å². The first kappa shape index (κ1) is 23.6. The van der Waals surface area contributed by atoms with E-state index in [4.69, 9.17) is 9.47 Å². The van der Waals surface area contributed by atoms with E-state index in [1.54, 1.807) is 25.3 Å². The van der Waals surface area contributed by atoms with Crippen molar-refractivity contribution in [2.45, 2.75) is 34.3 Å². The Kier molecular flexibility index (Phi) is 7.53. The molecule has 3 aromatic carbocycles. The molecule has 168 valence electrons. The van der Waals surface area contributed by atoms with Gasteiger partial charge in [0.1, 0.15) is 29.7 Å². The summed E-state index contributed by atoms with van der Waals surface area (Å²) in [6, 6.07) is 19.1. The first-order chi connectivity index (χ1) is 15.8. The summed E-state index contributed by atoms with van der Waals surface area (Å²) in [5.74, 6) is 0.677. The van der Waals surface area contributed by atoms with Gasteiger partial charge in [-0.2, -0.15) is 5.26 Å². The SMILES string of the molecule is COc1ccc(/C=C(\C#N)C(=O)Nc2ccc(C)c(C)c2)c(OCc2ccc(C)c(C)c2)c1. The first-order valence-electron chi connectivity index (χ1n) is 10.7. The molecule has 0 fully saturated rings. The van der Waals surface area contributed by atoms with E-state index in [-0.39, 0.29) is 5.57 Å². The minimum atomic E-state index is -0.475. The molecule has 0 heterocycles. The molecular formula is C28H28N2O3. The van der Waals surface area contributed by atoms with Crippen LogP contribution in [0.5, 0.6) is 11.5 Å². The molecule has 33 heavy (non-hydrogen) atoms. The number of amides is 1. The lowest BCUT2D eigenvalue weighted by Crippen LogP contribution is -2.13. The summed E-state index contributed by atoms with van der Waals surface area (Å²) in [6.07, 6.45) is 1.53. The molecule has 0 unspecified atom stereocenters. The summed E-state index contributed by atoms with van der Waals surface area (Å²) in [4.78, 5) is 12.8. The van der Waals surface area contributed by atoms with Crippen LogP contribution in [-0.4, -0.2) is 13.0 Å². The standard InChI is InChI=1S/C28H28N2O3/c1-18-6-8-22(12-20(18)3)17-33-27-15-26(32-5)11-9-23(27)14-24(16-29)28(31)30-25-10-7-19(2)21(4)13-25/h6-15H,17H2,1-5H3,(H,30,31)/b24-14+.